The van der Waals surface area contributed by atoms with E-state index < -0.39 is 21.2 Å². The van der Waals surface area contributed by atoms with E-state index in [9.17, 15) is 25.1 Å². The molecule has 0 saturated carbocycles. The number of hydrogen-bond acceptors (Lipinski definition) is 7. The molecular formula is C17H17N3O4S2. The number of likely N-dealkylation sites (N-methyl/N-ethyl adjacent to an activating group) is 1. The fourth-order valence-corrected chi connectivity index (χ4v) is 7.71. The van der Waals surface area contributed by atoms with Gasteiger partial charge in [0.05, 0.1) is 17.5 Å². The average molecular weight is 391 g/mol. The van der Waals surface area contributed by atoms with E-state index in [4.69, 9.17) is 0 Å². The van der Waals surface area contributed by atoms with Gasteiger partial charge in [-0.1, -0.05) is 27.7 Å². The van der Waals surface area contributed by atoms with Crippen molar-refractivity contribution in [2.75, 3.05) is 7.05 Å². The van der Waals surface area contributed by atoms with Crippen molar-refractivity contribution in [3.8, 4) is 17.6 Å². The number of carbonyl (C=O) groups is 2. The van der Waals surface area contributed by atoms with Crippen LogP contribution in [-0.4, -0.2) is 48.6 Å². The molecule has 136 valence electrons. The van der Waals surface area contributed by atoms with Gasteiger partial charge in [-0.15, -0.1) is 0 Å². The highest BCUT2D eigenvalue weighted by molar-refractivity contribution is 8.78. The van der Waals surface area contributed by atoms with E-state index in [0.717, 1.165) is 0 Å². The Labute approximate surface area is 158 Å². The molecule has 4 aliphatic rings. The molecule has 2 amide bonds. The smallest absolute Gasteiger partial charge is 0.261 e. The minimum absolute atomic E-state index is 0.185. The first-order chi connectivity index (χ1) is 12.1. The largest absolute Gasteiger partial charge is 0.504 e. The number of nitrogens with zero attached hydrogens (tertiary/aromatic N) is 3. The monoisotopic (exact) mass is 391 g/mol. The number of carbonyl (C=O) groups excluding carboxylic acids is 2. The molecule has 0 aromatic heterocycles. The Kier molecular flexibility index (Phi) is 3.35. The standard InChI is InChI=1S/C17H17N3O4S2/c1-15(8-18)7-17-14(24)19(3)16(2,25-26-17)13(23)20(17)12(15)9-4-5-10(21)11(22)6-9/h4-6,12,21-22H,7H2,1-3H3/t12-,15+,16-,17?/m0/s1. The second-order valence-corrected chi connectivity index (χ2v) is 10.1. The number of rotatable bonds is 1. The number of hydrogen-bond donors (Lipinski definition) is 2. The molecule has 26 heavy (non-hydrogen) atoms. The Bertz CT molecular complexity index is 902. The van der Waals surface area contributed by atoms with Crippen LogP contribution in [-0.2, 0) is 9.59 Å². The zero-order chi connectivity index (χ0) is 19.1. The summed E-state index contributed by atoms with van der Waals surface area (Å²) in [6, 6.07) is 5.87. The molecule has 5 rings (SSSR count). The van der Waals surface area contributed by atoms with Crippen LogP contribution in [0.3, 0.4) is 0 Å². The van der Waals surface area contributed by atoms with E-state index in [0.29, 0.717) is 5.56 Å². The lowest BCUT2D eigenvalue weighted by atomic mass is 9.79. The van der Waals surface area contributed by atoms with Gasteiger partial charge >= 0.3 is 0 Å². The fourth-order valence-electron chi connectivity index (χ4n) is 4.13. The first-order valence-corrected chi connectivity index (χ1v) is 10.2. The third kappa shape index (κ3) is 1.81. The number of amides is 2. The summed E-state index contributed by atoms with van der Waals surface area (Å²) < 4.78 is 0. The van der Waals surface area contributed by atoms with Crippen molar-refractivity contribution in [1.82, 2.24) is 9.80 Å². The van der Waals surface area contributed by atoms with Crippen molar-refractivity contribution in [2.24, 2.45) is 5.41 Å². The number of piperazine rings is 1. The molecule has 1 unspecified atom stereocenters. The molecule has 1 spiro atoms. The maximum absolute atomic E-state index is 13.4. The van der Waals surface area contributed by atoms with E-state index in [1.165, 1.54) is 43.5 Å². The van der Waals surface area contributed by atoms with Crippen molar-refractivity contribution in [1.29, 1.82) is 5.26 Å². The third-order valence-electron chi connectivity index (χ3n) is 5.66. The van der Waals surface area contributed by atoms with E-state index in [-0.39, 0.29) is 29.7 Å². The van der Waals surface area contributed by atoms with Crippen molar-refractivity contribution in [3.05, 3.63) is 23.8 Å². The molecule has 4 fully saturated rings. The molecule has 0 aliphatic carbocycles. The topological polar surface area (TPSA) is 105 Å². The molecule has 7 nitrogen and oxygen atoms in total. The molecule has 1 aromatic rings. The molecule has 4 aliphatic heterocycles. The number of nitriles is 1. The van der Waals surface area contributed by atoms with Crippen LogP contribution in [0.25, 0.3) is 0 Å². The summed E-state index contributed by atoms with van der Waals surface area (Å²) in [6.45, 7) is 3.44. The van der Waals surface area contributed by atoms with Crippen molar-refractivity contribution >= 4 is 33.4 Å². The van der Waals surface area contributed by atoms with E-state index in [1.54, 1.807) is 27.0 Å². The quantitative estimate of drug-likeness (QED) is 0.558. The summed E-state index contributed by atoms with van der Waals surface area (Å²) in [5, 5.41) is 29.4. The maximum atomic E-state index is 13.4. The van der Waals surface area contributed by atoms with Gasteiger partial charge in [-0.25, -0.2) is 0 Å². The SMILES string of the molecule is CN1C(=O)C23C[C@](C)(C#N)[C@H](c4ccc(O)c(O)c4)N2C(=O)[C@]1(C)SS3. The summed E-state index contributed by atoms with van der Waals surface area (Å²) in [5.41, 5.74) is -0.495. The number of phenols is 2. The summed E-state index contributed by atoms with van der Waals surface area (Å²) >= 11 is 0. The Hall–Kier alpha value is -2.05. The van der Waals surface area contributed by atoms with E-state index >= 15 is 0 Å². The lowest BCUT2D eigenvalue weighted by Crippen LogP contribution is -2.73. The highest BCUT2D eigenvalue weighted by atomic mass is 33.1. The third-order valence-corrected chi connectivity index (χ3v) is 9.36. The van der Waals surface area contributed by atoms with Crippen LogP contribution in [0.4, 0.5) is 0 Å². The molecule has 0 radical (unpaired) electrons. The Balaban J connectivity index is 1.95. The van der Waals surface area contributed by atoms with Crippen LogP contribution in [0.5, 0.6) is 11.5 Å². The summed E-state index contributed by atoms with van der Waals surface area (Å²) in [5.74, 6) is -1.01. The average Bonchev–Trinajstić information content (AvgIpc) is 2.89. The molecule has 2 bridgehead atoms. The predicted molar refractivity (Wildman–Crippen MR) is 96.8 cm³/mol. The highest BCUT2D eigenvalue weighted by Crippen LogP contribution is 2.69. The number of phenolic OH excluding ortho intramolecular Hbond substituents is 2. The zero-order valence-corrected chi connectivity index (χ0v) is 16.0. The highest BCUT2D eigenvalue weighted by Gasteiger charge is 2.74. The van der Waals surface area contributed by atoms with Gasteiger partial charge in [-0.2, -0.15) is 5.26 Å². The lowest BCUT2D eigenvalue weighted by Gasteiger charge is -2.57. The maximum Gasteiger partial charge on any atom is 0.261 e. The van der Waals surface area contributed by atoms with E-state index in [2.05, 4.69) is 6.07 Å². The second kappa shape index (κ2) is 5.02. The van der Waals surface area contributed by atoms with Gasteiger partial charge in [0.25, 0.3) is 11.8 Å². The Morgan fingerprint density at radius 1 is 1.19 bits per heavy atom. The predicted octanol–water partition coefficient (Wildman–Crippen LogP) is 2.18. The van der Waals surface area contributed by atoms with Gasteiger partial charge < -0.3 is 20.0 Å². The van der Waals surface area contributed by atoms with Crippen molar-refractivity contribution in [2.45, 2.75) is 36.1 Å². The lowest BCUT2D eigenvalue weighted by molar-refractivity contribution is -0.164. The minimum atomic E-state index is -1.14. The number of benzene rings is 1. The Morgan fingerprint density at radius 2 is 1.88 bits per heavy atom. The molecule has 1 aromatic carbocycles. The van der Waals surface area contributed by atoms with Gasteiger partial charge in [0, 0.05) is 13.5 Å². The first-order valence-electron chi connectivity index (χ1n) is 8.03. The van der Waals surface area contributed by atoms with Crippen molar-refractivity contribution < 1.29 is 19.8 Å². The van der Waals surface area contributed by atoms with Gasteiger partial charge in [-0.05, 0) is 31.5 Å². The van der Waals surface area contributed by atoms with Crippen LogP contribution in [0.1, 0.15) is 31.9 Å². The molecule has 4 saturated heterocycles. The van der Waals surface area contributed by atoms with Gasteiger partial charge in [-0.3, -0.25) is 9.59 Å². The molecule has 4 atom stereocenters. The number of fused-ring (bicyclic) bond motifs is 2. The fraction of sp³-hybridized carbons (Fsp3) is 0.471. The number of aromatic hydroxyl groups is 2. The van der Waals surface area contributed by atoms with Crippen LogP contribution in [0, 0.1) is 16.7 Å². The summed E-state index contributed by atoms with van der Waals surface area (Å²) in [4.78, 5) is 27.3. The molecule has 4 heterocycles. The molecule has 9 heteroatoms. The van der Waals surface area contributed by atoms with Gasteiger partial charge in [0.15, 0.2) is 21.2 Å². The zero-order valence-electron chi connectivity index (χ0n) is 14.4. The van der Waals surface area contributed by atoms with E-state index in [1.807, 2.05) is 0 Å². The summed E-state index contributed by atoms with van der Waals surface area (Å²) in [6.07, 6.45) is 0.200. The normalized spacial score (nSPS) is 38.5. The second-order valence-electron chi connectivity index (χ2n) is 7.33. The summed E-state index contributed by atoms with van der Waals surface area (Å²) in [7, 11) is 4.31. The molecule has 2 N–H and O–H groups in total. The van der Waals surface area contributed by atoms with Crippen LogP contribution in [0.15, 0.2) is 18.2 Å². The Morgan fingerprint density at radius 3 is 2.50 bits per heavy atom. The van der Waals surface area contributed by atoms with Crippen LogP contribution in [0.2, 0.25) is 0 Å². The minimum Gasteiger partial charge on any atom is -0.504 e. The molecular weight excluding hydrogens is 374 g/mol. The van der Waals surface area contributed by atoms with Crippen LogP contribution < -0.4 is 0 Å². The van der Waals surface area contributed by atoms with Gasteiger partial charge in [0.1, 0.15) is 0 Å². The van der Waals surface area contributed by atoms with Crippen LogP contribution >= 0.6 is 21.6 Å². The van der Waals surface area contributed by atoms with Gasteiger partial charge in [0.2, 0.25) is 0 Å². The van der Waals surface area contributed by atoms with Crippen molar-refractivity contribution in [3.63, 3.8) is 0 Å². The first kappa shape index (κ1) is 17.4.